The van der Waals surface area contributed by atoms with Gasteiger partial charge in [-0.05, 0) is 25.0 Å². The lowest BCUT2D eigenvalue weighted by atomic mass is 10.0. The fraction of sp³-hybridized carbons (Fsp3) is 0.562. The molecule has 1 amide bonds. The Labute approximate surface area is 121 Å². The molecule has 0 bridgehead atoms. The van der Waals surface area contributed by atoms with Crippen molar-refractivity contribution in [3.05, 3.63) is 34.9 Å². The fourth-order valence-corrected chi connectivity index (χ4v) is 2.65. The van der Waals surface area contributed by atoms with Crippen LogP contribution >= 0.6 is 0 Å². The van der Waals surface area contributed by atoms with Crippen LogP contribution in [0.2, 0.25) is 0 Å². The number of carbonyl (C=O) groups is 1. The maximum Gasteiger partial charge on any atom is 0.223 e. The first-order valence-electron chi connectivity index (χ1n) is 7.36. The molecule has 0 atom stereocenters. The minimum atomic E-state index is 0.193. The third-order valence-corrected chi connectivity index (χ3v) is 3.98. The van der Waals surface area contributed by atoms with E-state index in [0.717, 1.165) is 32.7 Å². The molecule has 1 aromatic carbocycles. The second-order valence-electron chi connectivity index (χ2n) is 5.63. The van der Waals surface area contributed by atoms with Gasteiger partial charge in [-0.25, -0.2) is 0 Å². The Morgan fingerprint density at radius 3 is 2.55 bits per heavy atom. The molecule has 0 aliphatic carbocycles. The molecule has 0 radical (unpaired) electrons. The number of hydrogen-bond acceptors (Lipinski definition) is 3. The van der Waals surface area contributed by atoms with Crippen molar-refractivity contribution in [2.45, 2.75) is 26.8 Å². The van der Waals surface area contributed by atoms with Crippen molar-refractivity contribution in [1.82, 2.24) is 9.80 Å². The second kappa shape index (κ2) is 6.86. The van der Waals surface area contributed by atoms with Crippen LogP contribution in [-0.4, -0.2) is 48.4 Å². The SMILES string of the molecule is Cc1ccc(C)c(CN2CCN(C(=O)CCN)CC2)c1. The highest BCUT2D eigenvalue weighted by atomic mass is 16.2. The molecule has 1 saturated heterocycles. The second-order valence-corrected chi connectivity index (χ2v) is 5.63. The van der Waals surface area contributed by atoms with Gasteiger partial charge in [-0.3, -0.25) is 9.69 Å². The predicted molar refractivity (Wildman–Crippen MR) is 81.4 cm³/mol. The van der Waals surface area contributed by atoms with E-state index < -0.39 is 0 Å². The summed E-state index contributed by atoms with van der Waals surface area (Å²) in [4.78, 5) is 16.2. The van der Waals surface area contributed by atoms with Gasteiger partial charge >= 0.3 is 0 Å². The number of benzene rings is 1. The van der Waals surface area contributed by atoms with Gasteiger partial charge in [-0.2, -0.15) is 0 Å². The van der Waals surface area contributed by atoms with Gasteiger partial charge in [0, 0.05) is 45.7 Å². The molecule has 110 valence electrons. The van der Waals surface area contributed by atoms with Crippen molar-refractivity contribution < 1.29 is 4.79 Å². The molecule has 0 unspecified atom stereocenters. The standard InChI is InChI=1S/C16H25N3O/c1-13-3-4-14(2)15(11-13)12-18-7-9-19(10-8-18)16(20)5-6-17/h3-4,11H,5-10,12,17H2,1-2H3. The Hall–Kier alpha value is -1.39. The van der Waals surface area contributed by atoms with E-state index in [0.29, 0.717) is 13.0 Å². The monoisotopic (exact) mass is 275 g/mol. The maximum atomic E-state index is 11.8. The molecule has 1 aliphatic rings. The number of nitrogens with two attached hydrogens (primary N) is 1. The van der Waals surface area contributed by atoms with Crippen LogP contribution in [-0.2, 0) is 11.3 Å². The molecule has 1 fully saturated rings. The molecule has 2 rings (SSSR count). The first kappa shape index (κ1) is 15.0. The number of rotatable bonds is 4. The maximum absolute atomic E-state index is 11.8. The minimum Gasteiger partial charge on any atom is -0.340 e. The molecular weight excluding hydrogens is 250 g/mol. The summed E-state index contributed by atoms with van der Waals surface area (Å²) in [7, 11) is 0. The number of amides is 1. The smallest absolute Gasteiger partial charge is 0.223 e. The van der Waals surface area contributed by atoms with Crippen LogP contribution in [0.5, 0.6) is 0 Å². The summed E-state index contributed by atoms with van der Waals surface area (Å²) in [5.74, 6) is 0.193. The number of hydrogen-bond donors (Lipinski definition) is 1. The van der Waals surface area contributed by atoms with Crippen LogP contribution in [0.25, 0.3) is 0 Å². The van der Waals surface area contributed by atoms with Crippen molar-refractivity contribution in [1.29, 1.82) is 0 Å². The normalized spacial score (nSPS) is 16.4. The third-order valence-electron chi connectivity index (χ3n) is 3.98. The summed E-state index contributed by atoms with van der Waals surface area (Å²) in [5.41, 5.74) is 9.49. The van der Waals surface area contributed by atoms with E-state index in [9.17, 15) is 4.79 Å². The van der Waals surface area contributed by atoms with Gasteiger partial charge in [-0.1, -0.05) is 23.8 Å². The Kier molecular flexibility index (Phi) is 5.15. The number of carbonyl (C=O) groups excluding carboxylic acids is 1. The summed E-state index contributed by atoms with van der Waals surface area (Å²) in [5, 5.41) is 0. The molecular formula is C16H25N3O. The average Bonchev–Trinajstić information content (AvgIpc) is 2.44. The molecule has 1 heterocycles. The summed E-state index contributed by atoms with van der Waals surface area (Å²) in [6, 6.07) is 6.61. The summed E-state index contributed by atoms with van der Waals surface area (Å²) >= 11 is 0. The summed E-state index contributed by atoms with van der Waals surface area (Å²) < 4.78 is 0. The topological polar surface area (TPSA) is 49.6 Å². The molecule has 1 aromatic rings. The Morgan fingerprint density at radius 2 is 1.90 bits per heavy atom. The number of piperazine rings is 1. The zero-order valence-electron chi connectivity index (χ0n) is 12.6. The van der Waals surface area contributed by atoms with E-state index in [1.807, 2.05) is 4.90 Å². The van der Waals surface area contributed by atoms with Crippen molar-refractivity contribution in [3.63, 3.8) is 0 Å². The molecule has 20 heavy (non-hydrogen) atoms. The quantitative estimate of drug-likeness (QED) is 0.901. The van der Waals surface area contributed by atoms with E-state index in [-0.39, 0.29) is 5.91 Å². The van der Waals surface area contributed by atoms with Crippen LogP contribution in [0.1, 0.15) is 23.1 Å². The van der Waals surface area contributed by atoms with Gasteiger partial charge in [0.05, 0.1) is 0 Å². The molecule has 0 aromatic heterocycles. The lowest BCUT2D eigenvalue weighted by Crippen LogP contribution is -2.48. The highest BCUT2D eigenvalue weighted by Crippen LogP contribution is 2.15. The zero-order valence-corrected chi connectivity index (χ0v) is 12.6. The van der Waals surface area contributed by atoms with E-state index >= 15 is 0 Å². The van der Waals surface area contributed by atoms with E-state index in [1.54, 1.807) is 0 Å². The first-order valence-corrected chi connectivity index (χ1v) is 7.36. The average molecular weight is 275 g/mol. The van der Waals surface area contributed by atoms with E-state index in [1.165, 1.54) is 16.7 Å². The first-order chi connectivity index (χ1) is 9.60. The van der Waals surface area contributed by atoms with Crippen molar-refractivity contribution in [2.75, 3.05) is 32.7 Å². The predicted octanol–water partition coefficient (Wildman–Crippen LogP) is 1.30. The molecule has 0 saturated carbocycles. The molecule has 0 spiro atoms. The van der Waals surface area contributed by atoms with Crippen LogP contribution in [0.4, 0.5) is 0 Å². The van der Waals surface area contributed by atoms with Gasteiger partial charge in [-0.15, -0.1) is 0 Å². The molecule has 4 nitrogen and oxygen atoms in total. The molecule has 2 N–H and O–H groups in total. The Morgan fingerprint density at radius 1 is 1.20 bits per heavy atom. The number of nitrogens with zero attached hydrogens (tertiary/aromatic N) is 2. The van der Waals surface area contributed by atoms with Gasteiger partial charge in [0.2, 0.25) is 5.91 Å². The Bertz CT molecular complexity index is 465. The van der Waals surface area contributed by atoms with Gasteiger partial charge in [0.25, 0.3) is 0 Å². The third kappa shape index (κ3) is 3.81. The van der Waals surface area contributed by atoms with Gasteiger partial charge < -0.3 is 10.6 Å². The van der Waals surface area contributed by atoms with Crippen molar-refractivity contribution in [2.24, 2.45) is 5.73 Å². The van der Waals surface area contributed by atoms with Gasteiger partial charge in [0.15, 0.2) is 0 Å². The lowest BCUT2D eigenvalue weighted by Gasteiger charge is -2.35. The summed E-state index contributed by atoms with van der Waals surface area (Å²) in [6.45, 7) is 9.26. The van der Waals surface area contributed by atoms with Crippen LogP contribution in [0.15, 0.2) is 18.2 Å². The Balaban J connectivity index is 1.88. The summed E-state index contributed by atoms with van der Waals surface area (Å²) in [6.07, 6.45) is 0.469. The molecule has 1 aliphatic heterocycles. The van der Waals surface area contributed by atoms with E-state index in [2.05, 4.69) is 36.9 Å². The van der Waals surface area contributed by atoms with Crippen LogP contribution in [0, 0.1) is 13.8 Å². The van der Waals surface area contributed by atoms with Crippen molar-refractivity contribution in [3.8, 4) is 0 Å². The zero-order chi connectivity index (χ0) is 14.5. The molecule has 4 heteroatoms. The van der Waals surface area contributed by atoms with E-state index in [4.69, 9.17) is 5.73 Å². The fourth-order valence-electron chi connectivity index (χ4n) is 2.65. The number of aryl methyl sites for hydroxylation is 2. The highest BCUT2D eigenvalue weighted by Gasteiger charge is 2.20. The van der Waals surface area contributed by atoms with Gasteiger partial charge in [0.1, 0.15) is 0 Å². The van der Waals surface area contributed by atoms with Crippen molar-refractivity contribution >= 4 is 5.91 Å². The lowest BCUT2D eigenvalue weighted by molar-refractivity contribution is -0.132. The van der Waals surface area contributed by atoms with Crippen LogP contribution in [0.3, 0.4) is 0 Å². The largest absolute Gasteiger partial charge is 0.340 e. The van der Waals surface area contributed by atoms with Crippen LogP contribution < -0.4 is 5.73 Å². The highest BCUT2D eigenvalue weighted by molar-refractivity contribution is 5.76. The minimum absolute atomic E-state index is 0.193.